The van der Waals surface area contributed by atoms with Gasteiger partial charge < -0.3 is 14.6 Å². The van der Waals surface area contributed by atoms with Crippen LogP contribution < -0.4 is 5.32 Å². The third-order valence-corrected chi connectivity index (χ3v) is 5.34. The van der Waals surface area contributed by atoms with E-state index in [1.165, 1.54) is 20.2 Å². The highest BCUT2D eigenvalue weighted by atomic mass is 16.5. The van der Waals surface area contributed by atoms with Crippen molar-refractivity contribution in [3.05, 3.63) is 35.4 Å². The van der Waals surface area contributed by atoms with Gasteiger partial charge in [0.15, 0.2) is 5.54 Å². The van der Waals surface area contributed by atoms with E-state index in [-0.39, 0.29) is 5.56 Å². The summed E-state index contributed by atoms with van der Waals surface area (Å²) in [4.78, 5) is 50.6. The molecule has 144 valence electrons. The first-order valence-electron chi connectivity index (χ1n) is 8.29. The largest absolute Gasteiger partial charge is 0.468 e. The Kier molecular flexibility index (Phi) is 4.75. The number of methoxy groups -OCH3 is 2. The number of amides is 2. The molecule has 4 atom stereocenters. The van der Waals surface area contributed by atoms with Crippen LogP contribution in [0.4, 0.5) is 0 Å². The highest BCUT2D eigenvalue weighted by Crippen LogP contribution is 2.48. The van der Waals surface area contributed by atoms with Gasteiger partial charge in [-0.15, -0.1) is 0 Å². The second-order valence-electron chi connectivity index (χ2n) is 6.60. The van der Waals surface area contributed by atoms with Crippen LogP contribution in [0.3, 0.4) is 0 Å². The van der Waals surface area contributed by atoms with E-state index in [4.69, 9.17) is 9.47 Å². The number of hydrogen-bond acceptors (Lipinski definition) is 8. The molecule has 1 aromatic carbocycles. The second kappa shape index (κ2) is 6.75. The van der Waals surface area contributed by atoms with Gasteiger partial charge in [-0.1, -0.05) is 12.1 Å². The predicted octanol–water partition coefficient (Wildman–Crippen LogP) is -0.747. The van der Waals surface area contributed by atoms with Crippen molar-refractivity contribution < 1.29 is 33.8 Å². The number of hydrogen-bond donors (Lipinski definition) is 2. The van der Waals surface area contributed by atoms with Crippen molar-refractivity contribution in [1.29, 1.82) is 0 Å². The molecule has 2 heterocycles. The maximum Gasteiger partial charge on any atom is 0.337 e. The highest BCUT2D eigenvalue weighted by Gasteiger charge is 2.68. The number of rotatable bonds is 4. The number of ether oxygens (including phenoxy) is 2. The van der Waals surface area contributed by atoms with Gasteiger partial charge in [0.1, 0.15) is 0 Å². The third-order valence-electron chi connectivity index (χ3n) is 5.34. The van der Waals surface area contributed by atoms with Crippen molar-refractivity contribution in [2.24, 2.45) is 11.8 Å². The number of nitrogens with one attached hydrogen (secondary N) is 1. The van der Waals surface area contributed by atoms with E-state index in [2.05, 4.69) is 5.32 Å². The molecule has 9 nitrogen and oxygen atoms in total. The number of esters is 2. The van der Waals surface area contributed by atoms with Gasteiger partial charge in [-0.2, -0.15) is 0 Å². The van der Waals surface area contributed by atoms with Gasteiger partial charge in [0.25, 0.3) is 0 Å². The molecule has 2 fully saturated rings. The monoisotopic (exact) mass is 376 g/mol. The summed E-state index contributed by atoms with van der Waals surface area (Å²) in [5, 5.41) is 12.9. The van der Waals surface area contributed by atoms with E-state index in [0.29, 0.717) is 5.56 Å². The summed E-state index contributed by atoms with van der Waals surface area (Å²) in [6.45, 7) is -0.721. The number of benzene rings is 1. The molecule has 0 bridgehead atoms. The Morgan fingerprint density at radius 2 is 1.93 bits per heavy atom. The quantitative estimate of drug-likeness (QED) is 0.520. The lowest BCUT2D eigenvalue weighted by molar-refractivity contribution is -0.156. The molecule has 0 unspecified atom stereocenters. The molecule has 0 saturated carbocycles. The lowest BCUT2D eigenvalue weighted by atomic mass is 9.79. The van der Waals surface area contributed by atoms with Crippen LogP contribution in [-0.2, 0) is 23.9 Å². The summed E-state index contributed by atoms with van der Waals surface area (Å²) in [6, 6.07) is 5.59. The predicted molar refractivity (Wildman–Crippen MR) is 90.2 cm³/mol. The normalized spacial score (nSPS) is 29.6. The Morgan fingerprint density at radius 3 is 2.52 bits per heavy atom. The fraction of sp³-hybridized carbons (Fsp3) is 0.444. The molecule has 0 aliphatic carbocycles. The lowest BCUT2D eigenvalue weighted by Gasteiger charge is -2.30. The zero-order valence-electron chi connectivity index (χ0n) is 15.1. The number of aliphatic hydroxyl groups is 1. The van der Waals surface area contributed by atoms with Crippen molar-refractivity contribution in [3.8, 4) is 0 Å². The Bertz CT molecular complexity index is 824. The van der Waals surface area contributed by atoms with E-state index < -0.39 is 53.8 Å². The third kappa shape index (κ3) is 2.62. The molecule has 2 aliphatic rings. The molecule has 0 radical (unpaired) electrons. The molecule has 2 amide bonds. The SMILES string of the molecule is COC(=O)c1cccc([C@@H]2N[C@](CO)(C(=O)OC)[C@@H]3C(=O)N(C)C(=O)[C@@H]32)c1. The first kappa shape index (κ1) is 19.0. The number of likely N-dealkylation sites (tertiary alicyclic amines) is 1. The summed E-state index contributed by atoms with van der Waals surface area (Å²) < 4.78 is 9.51. The summed E-state index contributed by atoms with van der Waals surface area (Å²) >= 11 is 0. The minimum absolute atomic E-state index is 0.262. The van der Waals surface area contributed by atoms with Gasteiger partial charge in [0.05, 0.1) is 38.2 Å². The molecule has 2 aliphatic heterocycles. The number of carbonyl (C=O) groups excluding carboxylic acids is 4. The number of fused-ring (bicyclic) bond motifs is 1. The van der Waals surface area contributed by atoms with Crippen LogP contribution >= 0.6 is 0 Å². The van der Waals surface area contributed by atoms with Crippen molar-refractivity contribution in [2.75, 3.05) is 27.9 Å². The zero-order chi connectivity index (χ0) is 19.9. The first-order valence-corrected chi connectivity index (χ1v) is 8.29. The van der Waals surface area contributed by atoms with E-state index in [1.807, 2.05) is 0 Å². The summed E-state index contributed by atoms with van der Waals surface area (Å²) in [7, 11) is 3.73. The Morgan fingerprint density at radius 1 is 1.22 bits per heavy atom. The minimum atomic E-state index is -1.75. The Labute approximate surface area is 155 Å². The molecule has 2 N–H and O–H groups in total. The fourth-order valence-electron chi connectivity index (χ4n) is 3.99. The van der Waals surface area contributed by atoms with E-state index in [9.17, 15) is 24.3 Å². The van der Waals surface area contributed by atoms with Crippen LogP contribution in [0.15, 0.2) is 24.3 Å². The first-order chi connectivity index (χ1) is 12.8. The lowest BCUT2D eigenvalue weighted by Crippen LogP contribution is -2.58. The van der Waals surface area contributed by atoms with Crippen LogP contribution in [0.2, 0.25) is 0 Å². The minimum Gasteiger partial charge on any atom is -0.468 e. The molecule has 27 heavy (non-hydrogen) atoms. The molecule has 9 heteroatoms. The maximum atomic E-state index is 12.7. The smallest absolute Gasteiger partial charge is 0.337 e. The molecule has 0 aromatic heterocycles. The van der Waals surface area contributed by atoms with E-state index >= 15 is 0 Å². The number of imide groups is 1. The van der Waals surface area contributed by atoms with E-state index in [1.54, 1.807) is 18.2 Å². The summed E-state index contributed by atoms with van der Waals surface area (Å²) in [5.41, 5.74) is -0.968. The second-order valence-corrected chi connectivity index (χ2v) is 6.60. The average molecular weight is 376 g/mol. The number of aliphatic hydroxyl groups excluding tert-OH is 1. The molecule has 2 saturated heterocycles. The topological polar surface area (TPSA) is 122 Å². The van der Waals surface area contributed by atoms with E-state index in [0.717, 1.165) is 12.0 Å². The van der Waals surface area contributed by atoms with Gasteiger partial charge in [-0.25, -0.2) is 9.59 Å². The van der Waals surface area contributed by atoms with Crippen molar-refractivity contribution in [2.45, 2.75) is 11.6 Å². The van der Waals surface area contributed by atoms with Crippen molar-refractivity contribution in [1.82, 2.24) is 10.2 Å². The summed E-state index contributed by atoms with van der Waals surface area (Å²) in [5.74, 6) is -4.45. The standard InChI is InChI=1S/C18H20N2O7/c1-20-14(22)11-12(15(20)23)18(8-21,17(25)27-3)19-13(11)9-5-4-6-10(7-9)16(24)26-2/h4-7,11-13,19,21H,8H2,1-3H3/t11-,12-,13-,18-/m0/s1. The average Bonchev–Trinajstić information content (AvgIpc) is 3.17. The van der Waals surface area contributed by atoms with Crippen LogP contribution in [0.1, 0.15) is 22.0 Å². The van der Waals surface area contributed by atoms with Crippen LogP contribution in [0.5, 0.6) is 0 Å². The van der Waals surface area contributed by atoms with Crippen LogP contribution in [0, 0.1) is 11.8 Å². The van der Waals surface area contributed by atoms with Crippen LogP contribution in [0.25, 0.3) is 0 Å². The molecule has 3 rings (SSSR count). The Balaban J connectivity index is 2.12. The fourth-order valence-corrected chi connectivity index (χ4v) is 3.99. The van der Waals surface area contributed by atoms with Gasteiger partial charge >= 0.3 is 11.9 Å². The summed E-state index contributed by atoms with van der Waals surface area (Å²) in [6.07, 6.45) is 0. The highest BCUT2D eigenvalue weighted by molar-refractivity contribution is 6.09. The zero-order valence-corrected chi connectivity index (χ0v) is 15.1. The van der Waals surface area contributed by atoms with Crippen molar-refractivity contribution in [3.63, 3.8) is 0 Å². The number of carbonyl (C=O) groups is 4. The van der Waals surface area contributed by atoms with Gasteiger partial charge in [-0.05, 0) is 17.7 Å². The molecule has 0 spiro atoms. The van der Waals surface area contributed by atoms with Crippen molar-refractivity contribution >= 4 is 23.8 Å². The van der Waals surface area contributed by atoms with Crippen LogP contribution in [-0.4, -0.2) is 67.2 Å². The Hall–Kier alpha value is -2.78. The van der Waals surface area contributed by atoms with Gasteiger partial charge in [-0.3, -0.25) is 19.8 Å². The van der Waals surface area contributed by atoms with Gasteiger partial charge in [0, 0.05) is 13.1 Å². The number of nitrogens with zero attached hydrogens (tertiary/aromatic N) is 1. The molecule has 1 aromatic rings. The van der Waals surface area contributed by atoms with Gasteiger partial charge in [0.2, 0.25) is 11.8 Å². The molecular formula is C18H20N2O7. The maximum absolute atomic E-state index is 12.7. The molecular weight excluding hydrogens is 356 g/mol.